The van der Waals surface area contributed by atoms with Crippen LogP contribution in [-0.2, 0) is 0 Å². The van der Waals surface area contributed by atoms with Crippen molar-refractivity contribution in [2.24, 2.45) is 0 Å². The molecule has 1 heterocycles. The number of hydrogen-bond acceptors (Lipinski definition) is 0. The number of benzene rings is 6. The summed E-state index contributed by atoms with van der Waals surface area (Å²) >= 11 is 0. The van der Waals surface area contributed by atoms with Crippen LogP contribution in [0.1, 0.15) is 0 Å². The smallest absolute Gasteiger partial charge is 0.0551 e. The van der Waals surface area contributed by atoms with Crippen LogP contribution in [0.2, 0.25) is 0 Å². The molecule has 0 saturated heterocycles. The van der Waals surface area contributed by atoms with Crippen LogP contribution < -0.4 is 0 Å². The quantitative estimate of drug-likeness (QED) is 0.262. The van der Waals surface area contributed by atoms with Crippen LogP contribution in [0, 0.1) is 0 Å². The van der Waals surface area contributed by atoms with Crippen molar-refractivity contribution in [3.8, 4) is 0 Å². The normalized spacial score (nSPS) is 12.1. The lowest BCUT2D eigenvalue weighted by molar-refractivity contribution is 1.58. The minimum absolute atomic E-state index is 1.23. The first-order chi connectivity index (χ1) is 14.4. The van der Waals surface area contributed by atoms with Gasteiger partial charge in [-0.3, -0.25) is 0 Å². The highest BCUT2D eigenvalue weighted by atomic mass is 14.7. The molecule has 1 heteroatoms. The maximum atomic E-state index is 3.82. The fraction of sp³-hybridized carbons (Fsp3) is 0. The molecule has 0 atom stereocenters. The zero-order valence-corrected chi connectivity index (χ0v) is 15.7. The van der Waals surface area contributed by atoms with E-state index < -0.39 is 0 Å². The fourth-order valence-corrected chi connectivity index (χ4v) is 5.10. The van der Waals surface area contributed by atoms with E-state index >= 15 is 0 Å². The molecule has 0 radical (unpaired) electrons. The summed E-state index contributed by atoms with van der Waals surface area (Å²) in [6.45, 7) is 0. The number of aromatic amines is 1. The van der Waals surface area contributed by atoms with E-state index in [1.807, 2.05) is 0 Å². The Labute approximate surface area is 167 Å². The lowest BCUT2D eigenvalue weighted by Crippen LogP contribution is -1.83. The maximum Gasteiger partial charge on any atom is 0.0551 e. The van der Waals surface area contributed by atoms with Gasteiger partial charge in [-0.1, -0.05) is 97.1 Å². The summed E-state index contributed by atoms with van der Waals surface area (Å²) in [5.41, 5.74) is 2.46. The molecule has 0 bridgehead atoms. The molecule has 134 valence electrons. The first kappa shape index (κ1) is 15.1. The molecule has 6 aromatic carbocycles. The Bertz CT molecular complexity index is 1750. The van der Waals surface area contributed by atoms with Gasteiger partial charge in [-0.25, -0.2) is 0 Å². The minimum atomic E-state index is 1.23. The first-order valence-corrected chi connectivity index (χ1v) is 10.1. The molecule has 7 rings (SSSR count). The largest absolute Gasteiger partial charge is 0.353 e. The number of H-pyrrole nitrogens is 1. The third kappa shape index (κ3) is 1.89. The second-order valence-electron chi connectivity index (χ2n) is 7.84. The summed E-state index contributed by atoms with van der Waals surface area (Å²) in [6.07, 6.45) is 0. The summed E-state index contributed by atoms with van der Waals surface area (Å²) in [4.78, 5) is 3.82. The van der Waals surface area contributed by atoms with Crippen molar-refractivity contribution in [1.82, 2.24) is 4.98 Å². The predicted molar refractivity (Wildman–Crippen MR) is 126 cm³/mol. The summed E-state index contributed by atoms with van der Waals surface area (Å²) in [5.74, 6) is 0. The van der Waals surface area contributed by atoms with Gasteiger partial charge >= 0.3 is 0 Å². The van der Waals surface area contributed by atoms with E-state index in [0.29, 0.717) is 0 Å². The molecule has 1 N–H and O–H groups in total. The molecule has 0 aliphatic rings. The van der Waals surface area contributed by atoms with Crippen molar-refractivity contribution >= 4 is 64.9 Å². The molecule has 0 fully saturated rings. The zero-order chi connectivity index (χ0) is 18.9. The average Bonchev–Trinajstić information content (AvgIpc) is 3.19. The zero-order valence-electron chi connectivity index (χ0n) is 15.7. The Hall–Kier alpha value is -3.84. The van der Waals surface area contributed by atoms with Crippen LogP contribution >= 0.6 is 0 Å². The fourth-order valence-electron chi connectivity index (χ4n) is 5.10. The van der Waals surface area contributed by atoms with Crippen LogP contribution in [0.5, 0.6) is 0 Å². The Morgan fingerprint density at radius 3 is 1.72 bits per heavy atom. The highest BCUT2D eigenvalue weighted by Crippen LogP contribution is 2.43. The van der Waals surface area contributed by atoms with E-state index in [1.54, 1.807) is 0 Å². The lowest BCUT2D eigenvalue weighted by Gasteiger charge is -2.10. The van der Waals surface area contributed by atoms with Crippen LogP contribution in [0.15, 0.2) is 97.1 Å². The highest BCUT2D eigenvalue weighted by Gasteiger charge is 2.16. The van der Waals surface area contributed by atoms with Gasteiger partial charge in [-0.05, 0) is 26.9 Å². The van der Waals surface area contributed by atoms with E-state index in [0.717, 1.165) is 0 Å². The second-order valence-corrected chi connectivity index (χ2v) is 7.84. The van der Waals surface area contributed by atoms with Gasteiger partial charge in [0.25, 0.3) is 0 Å². The number of aromatic nitrogens is 1. The third-order valence-corrected chi connectivity index (χ3v) is 6.36. The van der Waals surface area contributed by atoms with Crippen molar-refractivity contribution in [3.63, 3.8) is 0 Å². The first-order valence-electron chi connectivity index (χ1n) is 10.1. The number of rotatable bonds is 0. The number of fused-ring (bicyclic) bond motifs is 12. The topological polar surface area (TPSA) is 15.8 Å². The van der Waals surface area contributed by atoms with Gasteiger partial charge in [0, 0.05) is 26.9 Å². The van der Waals surface area contributed by atoms with E-state index in [4.69, 9.17) is 0 Å². The summed E-state index contributed by atoms with van der Waals surface area (Å²) in [5, 5.41) is 13.0. The van der Waals surface area contributed by atoms with Crippen LogP contribution in [0.25, 0.3) is 64.9 Å². The molecule has 0 amide bonds. The molecule has 29 heavy (non-hydrogen) atoms. The molecule has 0 saturated carbocycles. The Kier molecular flexibility index (Phi) is 2.80. The Morgan fingerprint density at radius 1 is 0.345 bits per heavy atom. The van der Waals surface area contributed by atoms with E-state index in [9.17, 15) is 0 Å². The minimum Gasteiger partial charge on any atom is -0.353 e. The van der Waals surface area contributed by atoms with E-state index in [-0.39, 0.29) is 0 Å². The molecule has 0 unspecified atom stereocenters. The van der Waals surface area contributed by atoms with E-state index in [1.165, 1.54) is 64.9 Å². The van der Waals surface area contributed by atoms with Gasteiger partial charge in [0.15, 0.2) is 0 Å². The van der Waals surface area contributed by atoms with Gasteiger partial charge in [-0.2, -0.15) is 0 Å². The van der Waals surface area contributed by atoms with Gasteiger partial charge in [0.2, 0.25) is 0 Å². The second kappa shape index (κ2) is 5.36. The molecular formula is C28H17N. The van der Waals surface area contributed by atoms with Crippen molar-refractivity contribution in [3.05, 3.63) is 97.1 Å². The van der Waals surface area contributed by atoms with Crippen LogP contribution in [0.4, 0.5) is 0 Å². The standard InChI is InChI=1S/C28H17N/c1-3-9-19-17(7-1)13-15-22-21-11-5-6-12-23(21)28-26(25(19)22)24-16-14-18-8-2-4-10-20(18)27(24)29-28/h1-16,29H. The Balaban J connectivity index is 1.90. The Morgan fingerprint density at radius 2 is 0.931 bits per heavy atom. The predicted octanol–water partition coefficient (Wildman–Crippen LogP) is 7.93. The molecule has 1 nitrogen and oxygen atoms in total. The summed E-state index contributed by atoms with van der Waals surface area (Å²) in [7, 11) is 0. The molecular weight excluding hydrogens is 350 g/mol. The average molecular weight is 367 g/mol. The SMILES string of the molecule is c1ccc2c(c1)ccc1c2[nH]c2c3ccccc3c3ccc4ccccc4c3c12. The van der Waals surface area contributed by atoms with Gasteiger partial charge in [0.05, 0.1) is 11.0 Å². The number of hydrogen-bond donors (Lipinski definition) is 1. The molecule has 0 aliphatic carbocycles. The maximum absolute atomic E-state index is 3.82. The van der Waals surface area contributed by atoms with Crippen molar-refractivity contribution < 1.29 is 0 Å². The van der Waals surface area contributed by atoms with Gasteiger partial charge in [0.1, 0.15) is 0 Å². The molecule has 0 spiro atoms. The van der Waals surface area contributed by atoms with Crippen LogP contribution in [0.3, 0.4) is 0 Å². The van der Waals surface area contributed by atoms with Crippen molar-refractivity contribution in [2.45, 2.75) is 0 Å². The highest BCUT2D eigenvalue weighted by molar-refractivity contribution is 6.37. The lowest BCUT2D eigenvalue weighted by atomic mass is 9.92. The molecule has 0 aliphatic heterocycles. The summed E-state index contributed by atoms with van der Waals surface area (Å²) < 4.78 is 0. The monoisotopic (exact) mass is 367 g/mol. The molecule has 1 aromatic heterocycles. The molecule has 7 aromatic rings. The van der Waals surface area contributed by atoms with Crippen LogP contribution in [-0.4, -0.2) is 4.98 Å². The number of nitrogens with one attached hydrogen (secondary N) is 1. The van der Waals surface area contributed by atoms with Crippen molar-refractivity contribution in [2.75, 3.05) is 0 Å². The van der Waals surface area contributed by atoms with Gasteiger partial charge in [-0.15, -0.1) is 0 Å². The summed E-state index contributed by atoms with van der Waals surface area (Å²) in [6, 6.07) is 35.2. The van der Waals surface area contributed by atoms with Gasteiger partial charge < -0.3 is 4.98 Å². The van der Waals surface area contributed by atoms with Crippen molar-refractivity contribution in [1.29, 1.82) is 0 Å². The van der Waals surface area contributed by atoms with E-state index in [2.05, 4.69) is 102 Å². The third-order valence-electron chi connectivity index (χ3n) is 6.36.